The first-order chi connectivity index (χ1) is 7.06. The van der Waals surface area contributed by atoms with Crippen molar-refractivity contribution in [3.8, 4) is 0 Å². The SMILES string of the molecule is CNCc1cccc2c1S(=O)(=O)C=C2C. The minimum atomic E-state index is -3.21. The van der Waals surface area contributed by atoms with Gasteiger partial charge in [-0.2, -0.15) is 0 Å². The molecule has 4 heteroatoms. The molecular formula is C11H13NO2S. The lowest BCUT2D eigenvalue weighted by Gasteiger charge is -2.07. The zero-order valence-electron chi connectivity index (χ0n) is 8.74. The van der Waals surface area contributed by atoms with Gasteiger partial charge in [-0.1, -0.05) is 18.2 Å². The quantitative estimate of drug-likeness (QED) is 0.827. The van der Waals surface area contributed by atoms with Gasteiger partial charge in [0.2, 0.25) is 9.84 Å². The van der Waals surface area contributed by atoms with E-state index in [2.05, 4.69) is 5.32 Å². The molecule has 0 saturated carbocycles. The highest BCUT2D eigenvalue weighted by atomic mass is 32.2. The Morgan fingerprint density at radius 1 is 1.33 bits per heavy atom. The fraction of sp³-hybridized carbons (Fsp3) is 0.273. The second-order valence-electron chi connectivity index (χ2n) is 3.67. The van der Waals surface area contributed by atoms with Gasteiger partial charge in [-0.15, -0.1) is 0 Å². The van der Waals surface area contributed by atoms with Gasteiger partial charge in [0, 0.05) is 12.0 Å². The number of hydrogen-bond acceptors (Lipinski definition) is 3. The van der Waals surface area contributed by atoms with E-state index in [0.717, 1.165) is 16.7 Å². The minimum Gasteiger partial charge on any atom is -0.316 e. The van der Waals surface area contributed by atoms with Crippen LogP contribution in [0.15, 0.2) is 28.5 Å². The van der Waals surface area contributed by atoms with Gasteiger partial charge >= 0.3 is 0 Å². The average molecular weight is 223 g/mol. The normalized spacial score (nSPS) is 17.3. The molecule has 3 nitrogen and oxygen atoms in total. The molecule has 0 fully saturated rings. The molecule has 0 spiro atoms. The maximum atomic E-state index is 11.9. The van der Waals surface area contributed by atoms with Crippen LogP contribution >= 0.6 is 0 Å². The third-order valence-corrected chi connectivity index (χ3v) is 4.22. The second kappa shape index (κ2) is 3.47. The minimum absolute atomic E-state index is 0.469. The number of hydrogen-bond donors (Lipinski definition) is 1. The number of rotatable bonds is 2. The molecule has 1 heterocycles. The molecule has 0 unspecified atom stereocenters. The highest BCUT2D eigenvalue weighted by Gasteiger charge is 2.27. The lowest BCUT2D eigenvalue weighted by Crippen LogP contribution is -2.09. The van der Waals surface area contributed by atoms with Crippen molar-refractivity contribution in [1.82, 2.24) is 5.32 Å². The van der Waals surface area contributed by atoms with Gasteiger partial charge < -0.3 is 5.32 Å². The van der Waals surface area contributed by atoms with Crippen molar-refractivity contribution in [3.63, 3.8) is 0 Å². The van der Waals surface area contributed by atoms with Crippen LogP contribution in [0.25, 0.3) is 5.57 Å². The van der Waals surface area contributed by atoms with Crippen LogP contribution in [0.4, 0.5) is 0 Å². The molecule has 15 heavy (non-hydrogen) atoms. The summed E-state index contributed by atoms with van der Waals surface area (Å²) in [6, 6.07) is 5.59. The Kier molecular flexibility index (Phi) is 2.40. The Bertz CT molecular complexity index is 530. The van der Waals surface area contributed by atoms with Crippen LogP contribution in [0, 0.1) is 0 Å². The number of nitrogens with one attached hydrogen (secondary N) is 1. The molecule has 80 valence electrons. The van der Waals surface area contributed by atoms with Gasteiger partial charge in [0.1, 0.15) is 0 Å². The molecule has 0 radical (unpaired) electrons. The highest BCUT2D eigenvalue weighted by Crippen LogP contribution is 2.35. The predicted molar refractivity (Wildman–Crippen MR) is 60.0 cm³/mol. The lowest BCUT2D eigenvalue weighted by atomic mass is 10.1. The van der Waals surface area contributed by atoms with Crippen LogP contribution in [0.5, 0.6) is 0 Å². The second-order valence-corrected chi connectivity index (χ2v) is 5.40. The van der Waals surface area contributed by atoms with Crippen molar-refractivity contribution in [3.05, 3.63) is 34.7 Å². The van der Waals surface area contributed by atoms with Crippen LogP contribution in [0.3, 0.4) is 0 Å². The molecule has 1 aromatic carbocycles. The molecular weight excluding hydrogens is 210 g/mol. The summed E-state index contributed by atoms with van der Waals surface area (Å²) in [5.74, 6) is 0. The highest BCUT2D eigenvalue weighted by molar-refractivity contribution is 7.95. The zero-order valence-corrected chi connectivity index (χ0v) is 9.56. The molecule has 1 aromatic rings. The molecule has 1 N–H and O–H groups in total. The first-order valence-corrected chi connectivity index (χ1v) is 6.31. The van der Waals surface area contributed by atoms with Gasteiger partial charge in [-0.05, 0) is 30.7 Å². The van der Waals surface area contributed by atoms with E-state index in [1.807, 2.05) is 25.1 Å². The fourth-order valence-corrected chi connectivity index (χ4v) is 3.67. The number of sulfone groups is 1. The van der Waals surface area contributed by atoms with Crippen molar-refractivity contribution >= 4 is 15.4 Å². The maximum Gasteiger partial charge on any atom is 0.201 e. The Morgan fingerprint density at radius 2 is 2.07 bits per heavy atom. The van der Waals surface area contributed by atoms with E-state index in [1.54, 1.807) is 7.05 Å². The molecule has 0 saturated heterocycles. The third-order valence-electron chi connectivity index (χ3n) is 2.51. The number of benzene rings is 1. The molecule has 2 rings (SSSR count). The largest absolute Gasteiger partial charge is 0.316 e. The monoisotopic (exact) mass is 223 g/mol. The number of allylic oxidation sites excluding steroid dienone is 1. The van der Waals surface area contributed by atoms with E-state index in [0.29, 0.717) is 11.4 Å². The average Bonchev–Trinajstić information content (AvgIpc) is 2.39. The van der Waals surface area contributed by atoms with Gasteiger partial charge in [-0.25, -0.2) is 8.42 Å². The van der Waals surface area contributed by atoms with E-state index in [-0.39, 0.29) is 0 Å². The van der Waals surface area contributed by atoms with Crippen LogP contribution < -0.4 is 5.32 Å². The van der Waals surface area contributed by atoms with Gasteiger partial charge in [0.25, 0.3) is 0 Å². The van der Waals surface area contributed by atoms with E-state index in [4.69, 9.17) is 0 Å². The topological polar surface area (TPSA) is 46.2 Å². The van der Waals surface area contributed by atoms with Crippen LogP contribution in [-0.4, -0.2) is 15.5 Å². The van der Waals surface area contributed by atoms with Crippen molar-refractivity contribution in [2.24, 2.45) is 0 Å². The summed E-state index contributed by atoms with van der Waals surface area (Å²) in [6.45, 7) is 2.40. The molecule has 0 bridgehead atoms. The summed E-state index contributed by atoms with van der Waals surface area (Å²) in [5.41, 5.74) is 2.49. The Hall–Kier alpha value is -1.13. The van der Waals surface area contributed by atoms with E-state index in [1.165, 1.54) is 5.41 Å². The van der Waals surface area contributed by atoms with E-state index < -0.39 is 9.84 Å². The van der Waals surface area contributed by atoms with Crippen molar-refractivity contribution in [2.45, 2.75) is 18.4 Å². The van der Waals surface area contributed by atoms with Crippen molar-refractivity contribution < 1.29 is 8.42 Å². The van der Waals surface area contributed by atoms with Crippen LogP contribution in [-0.2, 0) is 16.4 Å². The summed E-state index contributed by atoms with van der Waals surface area (Å²) in [4.78, 5) is 0.469. The number of fused-ring (bicyclic) bond motifs is 1. The molecule has 0 aliphatic carbocycles. The van der Waals surface area contributed by atoms with Crippen molar-refractivity contribution in [2.75, 3.05) is 7.05 Å². The van der Waals surface area contributed by atoms with Gasteiger partial charge in [0.05, 0.1) is 4.90 Å². The lowest BCUT2D eigenvalue weighted by molar-refractivity contribution is 0.603. The molecule has 0 amide bonds. The van der Waals surface area contributed by atoms with Gasteiger partial charge in [-0.3, -0.25) is 0 Å². The van der Waals surface area contributed by atoms with E-state index in [9.17, 15) is 8.42 Å². The standard InChI is InChI=1S/C11H13NO2S/c1-8-7-15(13,14)11-9(6-12-2)4-3-5-10(8)11/h3-5,7,12H,6H2,1-2H3. The zero-order chi connectivity index (χ0) is 11.1. The van der Waals surface area contributed by atoms with Crippen LogP contribution in [0.2, 0.25) is 0 Å². The Morgan fingerprint density at radius 3 is 2.73 bits per heavy atom. The maximum absolute atomic E-state index is 11.9. The summed E-state index contributed by atoms with van der Waals surface area (Å²) >= 11 is 0. The van der Waals surface area contributed by atoms with Crippen LogP contribution in [0.1, 0.15) is 18.1 Å². The summed E-state index contributed by atoms with van der Waals surface area (Å²) in [7, 11) is -1.40. The molecule has 1 aliphatic heterocycles. The first-order valence-electron chi connectivity index (χ1n) is 4.76. The summed E-state index contributed by atoms with van der Waals surface area (Å²) in [5, 5.41) is 4.32. The van der Waals surface area contributed by atoms with Crippen molar-refractivity contribution in [1.29, 1.82) is 0 Å². The fourth-order valence-electron chi connectivity index (χ4n) is 1.92. The Balaban J connectivity index is 2.70. The smallest absolute Gasteiger partial charge is 0.201 e. The predicted octanol–water partition coefficient (Wildman–Crippen LogP) is 1.55. The van der Waals surface area contributed by atoms with Gasteiger partial charge in [0.15, 0.2) is 0 Å². The molecule has 0 aromatic heterocycles. The third kappa shape index (κ3) is 1.60. The summed E-state index contributed by atoms with van der Waals surface area (Å²) < 4.78 is 23.7. The molecule has 0 atom stereocenters. The summed E-state index contributed by atoms with van der Waals surface area (Å²) in [6.07, 6.45) is 0. The first kappa shape index (κ1) is 10.4. The molecule has 1 aliphatic rings. The Labute approximate surface area is 89.7 Å². The van der Waals surface area contributed by atoms with E-state index >= 15 is 0 Å².